The van der Waals surface area contributed by atoms with E-state index in [4.69, 9.17) is 10.7 Å². The number of piperidine rings is 1. The summed E-state index contributed by atoms with van der Waals surface area (Å²) in [5, 5.41) is 1.23. The molecule has 2 aliphatic rings. The van der Waals surface area contributed by atoms with E-state index in [0.29, 0.717) is 12.0 Å². The Bertz CT molecular complexity index is 382. The van der Waals surface area contributed by atoms with Crippen LogP contribution in [0.4, 0.5) is 5.13 Å². The maximum Gasteiger partial charge on any atom is 0.185 e. The highest BCUT2D eigenvalue weighted by molar-refractivity contribution is 7.15. The fourth-order valence-corrected chi connectivity index (χ4v) is 3.78. The van der Waals surface area contributed by atoms with Gasteiger partial charge in [0, 0.05) is 29.9 Å². The highest BCUT2D eigenvalue weighted by atomic mass is 32.1. The first-order chi connectivity index (χ1) is 7.75. The molecule has 1 saturated heterocycles. The zero-order valence-electron chi connectivity index (χ0n) is 9.78. The van der Waals surface area contributed by atoms with Gasteiger partial charge < -0.3 is 10.6 Å². The van der Waals surface area contributed by atoms with E-state index in [9.17, 15) is 0 Å². The van der Waals surface area contributed by atoms with E-state index in [1.807, 2.05) is 11.3 Å². The van der Waals surface area contributed by atoms with Crippen molar-refractivity contribution in [2.24, 2.45) is 5.73 Å². The summed E-state index contributed by atoms with van der Waals surface area (Å²) in [6.07, 6.45) is 5.16. The Balaban J connectivity index is 1.80. The number of thiazole rings is 1. The average molecular weight is 237 g/mol. The summed E-state index contributed by atoms with van der Waals surface area (Å²) >= 11 is 1.88. The fraction of sp³-hybridized carbons (Fsp3) is 0.750. The van der Waals surface area contributed by atoms with Gasteiger partial charge in [0.1, 0.15) is 0 Å². The van der Waals surface area contributed by atoms with Gasteiger partial charge >= 0.3 is 0 Å². The first-order valence-electron chi connectivity index (χ1n) is 6.23. The third-order valence-corrected chi connectivity index (χ3v) is 4.97. The van der Waals surface area contributed by atoms with Crippen LogP contribution in [0.3, 0.4) is 0 Å². The Kier molecular flexibility index (Phi) is 2.64. The monoisotopic (exact) mass is 237 g/mol. The van der Waals surface area contributed by atoms with Gasteiger partial charge in [-0.25, -0.2) is 4.98 Å². The minimum Gasteiger partial charge on any atom is -0.348 e. The van der Waals surface area contributed by atoms with E-state index in [-0.39, 0.29) is 0 Å². The maximum absolute atomic E-state index is 5.92. The van der Waals surface area contributed by atoms with Crippen molar-refractivity contribution in [1.82, 2.24) is 4.98 Å². The van der Waals surface area contributed by atoms with Crippen LogP contribution in [0, 0.1) is 6.92 Å². The van der Waals surface area contributed by atoms with Crippen LogP contribution in [0.1, 0.15) is 42.2 Å². The molecule has 0 unspecified atom stereocenters. The van der Waals surface area contributed by atoms with Crippen molar-refractivity contribution in [3.63, 3.8) is 0 Å². The molecule has 1 aliphatic heterocycles. The SMILES string of the molecule is Cc1nc(N2CCCCC2)sc1[C@@H]1C[C@H]1N. The Hall–Kier alpha value is -0.610. The number of hydrogen-bond donors (Lipinski definition) is 1. The number of hydrogen-bond acceptors (Lipinski definition) is 4. The molecule has 2 atom stereocenters. The summed E-state index contributed by atoms with van der Waals surface area (Å²) in [6, 6.07) is 0.397. The number of aryl methyl sites for hydroxylation is 1. The van der Waals surface area contributed by atoms with E-state index >= 15 is 0 Å². The van der Waals surface area contributed by atoms with Crippen molar-refractivity contribution < 1.29 is 0 Å². The molecule has 1 aliphatic carbocycles. The molecule has 3 rings (SSSR count). The van der Waals surface area contributed by atoms with Gasteiger partial charge in [-0.15, -0.1) is 11.3 Å². The minimum atomic E-state index is 0.397. The molecule has 0 radical (unpaired) electrons. The minimum absolute atomic E-state index is 0.397. The zero-order chi connectivity index (χ0) is 11.1. The molecule has 88 valence electrons. The smallest absolute Gasteiger partial charge is 0.185 e. The molecule has 2 N–H and O–H groups in total. The second-order valence-electron chi connectivity index (χ2n) is 5.00. The van der Waals surface area contributed by atoms with Crippen LogP contribution in [-0.4, -0.2) is 24.1 Å². The second kappa shape index (κ2) is 4.00. The molecule has 2 heterocycles. The van der Waals surface area contributed by atoms with Crippen LogP contribution in [0.2, 0.25) is 0 Å². The molecule has 3 nitrogen and oxygen atoms in total. The fourth-order valence-electron chi connectivity index (χ4n) is 2.47. The van der Waals surface area contributed by atoms with Crippen molar-refractivity contribution in [3.8, 4) is 0 Å². The Morgan fingerprint density at radius 1 is 1.31 bits per heavy atom. The standard InChI is InChI=1S/C12H19N3S/c1-8-11(9-7-10(9)13)16-12(14-8)15-5-3-2-4-6-15/h9-10H,2-7,13H2,1H3/t9-,10-/m1/s1. The van der Waals surface area contributed by atoms with Crippen LogP contribution in [0.15, 0.2) is 0 Å². The van der Waals surface area contributed by atoms with Crippen molar-refractivity contribution in [2.45, 2.75) is 44.6 Å². The van der Waals surface area contributed by atoms with Crippen LogP contribution < -0.4 is 10.6 Å². The summed E-state index contributed by atoms with van der Waals surface area (Å²) in [4.78, 5) is 8.60. The van der Waals surface area contributed by atoms with Gasteiger partial charge in [0.25, 0.3) is 0 Å². The quantitative estimate of drug-likeness (QED) is 0.858. The summed E-state index contributed by atoms with van der Waals surface area (Å²) in [7, 11) is 0. The van der Waals surface area contributed by atoms with Crippen LogP contribution >= 0.6 is 11.3 Å². The molecule has 1 aromatic rings. The lowest BCUT2D eigenvalue weighted by molar-refractivity contribution is 0.576. The first kappa shape index (κ1) is 10.5. The normalized spacial score (nSPS) is 29.5. The third-order valence-electron chi connectivity index (χ3n) is 3.62. The first-order valence-corrected chi connectivity index (χ1v) is 7.05. The van der Waals surface area contributed by atoms with Crippen LogP contribution in [0.5, 0.6) is 0 Å². The number of nitrogens with zero attached hydrogens (tertiary/aromatic N) is 2. The van der Waals surface area contributed by atoms with Gasteiger partial charge in [0.05, 0.1) is 5.69 Å². The highest BCUT2D eigenvalue weighted by Crippen LogP contribution is 2.45. The Labute approximate surface area is 101 Å². The Morgan fingerprint density at radius 2 is 2.00 bits per heavy atom. The molecule has 0 amide bonds. The van der Waals surface area contributed by atoms with Gasteiger partial charge in [0.15, 0.2) is 5.13 Å². The predicted octanol–water partition coefficient (Wildman–Crippen LogP) is 2.26. The summed E-state index contributed by atoms with van der Waals surface area (Å²) in [5.74, 6) is 0.607. The van der Waals surface area contributed by atoms with E-state index in [1.54, 1.807) is 0 Å². The largest absolute Gasteiger partial charge is 0.348 e. The molecule has 0 bridgehead atoms. The topological polar surface area (TPSA) is 42.2 Å². The van der Waals surface area contributed by atoms with Crippen molar-refractivity contribution in [3.05, 3.63) is 10.6 Å². The number of anilines is 1. The second-order valence-corrected chi connectivity index (χ2v) is 6.01. The molecule has 1 aromatic heterocycles. The highest BCUT2D eigenvalue weighted by Gasteiger charge is 2.38. The number of aromatic nitrogens is 1. The van der Waals surface area contributed by atoms with Crippen LogP contribution in [0.25, 0.3) is 0 Å². The number of rotatable bonds is 2. The summed E-state index contributed by atoms with van der Waals surface area (Å²) in [6.45, 7) is 4.50. The third kappa shape index (κ3) is 1.84. The molecule has 1 saturated carbocycles. The van der Waals surface area contributed by atoms with E-state index in [2.05, 4.69) is 11.8 Å². The maximum atomic E-state index is 5.92. The van der Waals surface area contributed by atoms with Gasteiger partial charge in [-0.3, -0.25) is 0 Å². The average Bonchev–Trinajstić information content (AvgIpc) is 2.89. The number of nitrogens with two attached hydrogens (primary N) is 1. The molecule has 2 fully saturated rings. The van der Waals surface area contributed by atoms with Crippen LogP contribution in [-0.2, 0) is 0 Å². The molecular weight excluding hydrogens is 218 g/mol. The van der Waals surface area contributed by atoms with Gasteiger partial charge in [0.2, 0.25) is 0 Å². The van der Waals surface area contributed by atoms with E-state index < -0.39 is 0 Å². The van der Waals surface area contributed by atoms with E-state index in [0.717, 1.165) is 6.42 Å². The van der Waals surface area contributed by atoms with Gasteiger partial charge in [-0.05, 0) is 32.6 Å². The van der Waals surface area contributed by atoms with Crippen molar-refractivity contribution >= 4 is 16.5 Å². The lowest BCUT2D eigenvalue weighted by Crippen LogP contribution is -2.29. The molecular formula is C12H19N3S. The van der Waals surface area contributed by atoms with Gasteiger partial charge in [-0.1, -0.05) is 0 Å². The molecule has 0 aromatic carbocycles. The lowest BCUT2D eigenvalue weighted by atomic mass is 10.1. The Morgan fingerprint density at radius 3 is 2.62 bits per heavy atom. The summed E-state index contributed by atoms with van der Waals surface area (Å²) in [5.41, 5.74) is 7.13. The molecule has 0 spiro atoms. The summed E-state index contributed by atoms with van der Waals surface area (Å²) < 4.78 is 0. The van der Waals surface area contributed by atoms with Gasteiger partial charge in [-0.2, -0.15) is 0 Å². The van der Waals surface area contributed by atoms with Crippen molar-refractivity contribution in [1.29, 1.82) is 0 Å². The zero-order valence-corrected chi connectivity index (χ0v) is 10.6. The predicted molar refractivity (Wildman–Crippen MR) is 68.2 cm³/mol. The van der Waals surface area contributed by atoms with Crippen molar-refractivity contribution in [2.75, 3.05) is 18.0 Å². The molecule has 16 heavy (non-hydrogen) atoms. The molecule has 4 heteroatoms. The lowest BCUT2D eigenvalue weighted by Gasteiger charge is -2.25. The van der Waals surface area contributed by atoms with E-state index in [1.165, 1.54) is 48.1 Å².